The third-order valence-electron chi connectivity index (χ3n) is 2.62. The summed E-state index contributed by atoms with van der Waals surface area (Å²) >= 11 is 0. The summed E-state index contributed by atoms with van der Waals surface area (Å²) in [5.41, 5.74) is 7.82. The molecule has 1 aromatic rings. The summed E-state index contributed by atoms with van der Waals surface area (Å²) < 4.78 is 0. The van der Waals surface area contributed by atoms with Crippen molar-refractivity contribution in [2.24, 2.45) is 5.73 Å². The number of aryl methyl sites for hydroxylation is 2. The molecule has 17 heavy (non-hydrogen) atoms. The summed E-state index contributed by atoms with van der Waals surface area (Å²) in [4.78, 5) is 12.0. The fourth-order valence-electron chi connectivity index (χ4n) is 1.44. The van der Waals surface area contributed by atoms with Crippen LogP contribution >= 0.6 is 0 Å². The molecule has 1 unspecified atom stereocenters. The van der Waals surface area contributed by atoms with E-state index in [4.69, 9.17) is 5.73 Å². The highest BCUT2D eigenvalue weighted by Gasteiger charge is 2.13. The Morgan fingerprint density at radius 1 is 1.47 bits per heavy atom. The molecule has 0 aliphatic rings. The molecule has 0 aliphatic heterocycles. The van der Waals surface area contributed by atoms with Crippen LogP contribution in [0, 0.1) is 6.92 Å². The van der Waals surface area contributed by atoms with Gasteiger partial charge in [0.05, 0.1) is 17.0 Å². The number of carbonyl (C=O) groups excluding carboxylic acids is 1. The molecule has 0 saturated heterocycles. The van der Waals surface area contributed by atoms with E-state index in [2.05, 4.69) is 15.5 Å². The lowest BCUT2D eigenvalue weighted by Gasteiger charge is -2.11. The maximum absolute atomic E-state index is 12.0. The molecule has 0 saturated carbocycles. The van der Waals surface area contributed by atoms with Crippen molar-refractivity contribution >= 4 is 5.91 Å². The van der Waals surface area contributed by atoms with E-state index < -0.39 is 0 Å². The predicted molar refractivity (Wildman–Crippen MR) is 66.7 cm³/mol. The molecule has 0 spiro atoms. The number of nitrogens with zero attached hydrogens (tertiary/aromatic N) is 2. The van der Waals surface area contributed by atoms with Crippen molar-refractivity contribution in [3.8, 4) is 0 Å². The molecule has 0 aliphatic carbocycles. The molecule has 0 fully saturated rings. The molecule has 0 radical (unpaired) electrons. The topological polar surface area (TPSA) is 80.9 Å². The standard InChI is InChI=1S/C12H20N4O/c1-4-9(13)7-14-12(17)10-6-8(3)15-16-11(10)5-2/h6,9H,4-5,7,13H2,1-3H3,(H,14,17). The minimum atomic E-state index is -0.122. The number of nitrogens with two attached hydrogens (primary N) is 1. The van der Waals surface area contributed by atoms with Gasteiger partial charge in [-0.05, 0) is 25.8 Å². The minimum absolute atomic E-state index is 0.0000742. The Bertz CT molecular complexity index is 392. The fraction of sp³-hybridized carbons (Fsp3) is 0.583. The van der Waals surface area contributed by atoms with Gasteiger partial charge in [0.25, 0.3) is 5.91 Å². The van der Waals surface area contributed by atoms with E-state index in [0.29, 0.717) is 18.5 Å². The highest BCUT2D eigenvalue weighted by molar-refractivity contribution is 5.95. The third kappa shape index (κ3) is 3.78. The zero-order chi connectivity index (χ0) is 12.8. The van der Waals surface area contributed by atoms with E-state index in [9.17, 15) is 4.79 Å². The zero-order valence-corrected chi connectivity index (χ0v) is 10.7. The molecule has 5 heteroatoms. The van der Waals surface area contributed by atoms with Crippen LogP contribution in [0.1, 0.15) is 42.0 Å². The molecule has 94 valence electrons. The van der Waals surface area contributed by atoms with E-state index in [1.165, 1.54) is 0 Å². The smallest absolute Gasteiger partial charge is 0.253 e. The van der Waals surface area contributed by atoms with Gasteiger partial charge in [-0.15, -0.1) is 0 Å². The Kier molecular flexibility index (Phi) is 5.03. The second kappa shape index (κ2) is 6.30. The molecule has 1 aromatic heterocycles. The van der Waals surface area contributed by atoms with Gasteiger partial charge in [-0.2, -0.15) is 10.2 Å². The third-order valence-corrected chi connectivity index (χ3v) is 2.62. The number of rotatable bonds is 5. The Hall–Kier alpha value is -1.49. The Labute approximate surface area is 102 Å². The number of aromatic nitrogens is 2. The average molecular weight is 236 g/mol. The van der Waals surface area contributed by atoms with Gasteiger partial charge in [0, 0.05) is 12.6 Å². The monoisotopic (exact) mass is 236 g/mol. The summed E-state index contributed by atoms with van der Waals surface area (Å²) in [5.74, 6) is -0.122. The van der Waals surface area contributed by atoms with Gasteiger partial charge in [-0.3, -0.25) is 4.79 Å². The fourth-order valence-corrected chi connectivity index (χ4v) is 1.44. The highest BCUT2D eigenvalue weighted by Crippen LogP contribution is 2.07. The zero-order valence-electron chi connectivity index (χ0n) is 10.7. The van der Waals surface area contributed by atoms with Crippen molar-refractivity contribution in [1.29, 1.82) is 0 Å². The first kappa shape index (κ1) is 13.6. The maximum Gasteiger partial charge on any atom is 0.253 e. The molecule has 3 N–H and O–H groups in total. The van der Waals surface area contributed by atoms with E-state index in [-0.39, 0.29) is 11.9 Å². The Morgan fingerprint density at radius 3 is 2.76 bits per heavy atom. The second-order valence-electron chi connectivity index (χ2n) is 4.08. The molecule has 1 heterocycles. The first-order valence-electron chi connectivity index (χ1n) is 5.95. The van der Waals surface area contributed by atoms with Crippen LogP contribution < -0.4 is 11.1 Å². The number of nitrogens with one attached hydrogen (secondary N) is 1. The van der Waals surface area contributed by atoms with Gasteiger partial charge in [0.2, 0.25) is 0 Å². The van der Waals surface area contributed by atoms with Gasteiger partial charge in [-0.25, -0.2) is 0 Å². The van der Waals surface area contributed by atoms with Crippen LogP contribution in [0.4, 0.5) is 0 Å². The first-order valence-corrected chi connectivity index (χ1v) is 5.95. The average Bonchev–Trinajstić information content (AvgIpc) is 2.35. The van der Waals surface area contributed by atoms with Crippen LogP contribution in [-0.4, -0.2) is 28.7 Å². The van der Waals surface area contributed by atoms with Crippen molar-refractivity contribution in [2.75, 3.05) is 6.54 Å². The number of hydrogen-bond acceptors (Lipinski definition) is 4. The minimum Gasteiger partial charge on any atom is -0.350 e. The lowest BCUT2D eigenvalue weighted by molar-refractivity contribution is 0.0949. The first-order chi connectivity index (χ1) is 8.08. The molecule has 5 nitrogen and oxygen atoms in total. The van der Waals surface area contributed by atoms with Crippen LogP contribution in [0.5, 0.6) is 0 Å². The summed E-state index contributed by atoms with van der Waals surface area (Å²) in [6.07, 6.45) is 1.53. The van der Waals surface area contributed by atoms with E-state index in [0.717, 1.165) is 17.8 Å². The van der Waals surface area contributed by atoms with Crippen LogP contribution in [0.2, 0.25) is 0 Å². The molecule has 0 aromatic carbocycles. The Morgan fingerprint density at radius 2 is 2.18 bits per heavy atom. The normalized spacial score (nSPS) is 12.2. The van der Waals surface area contributed by atoms with E-state index in [1.807, 2.05) is 20.8 Å². The maximum atomic E-state index is 12.0. The van der Waals surface area contributed by atoms with Crippen LogP contribution in [0.15, 0.2) is 6.07 Å². The van der Waals surface area contributed by atoms with Crippen molar-refractivity contribution in [3.63, 3.8) is 0 Å². The lowest BCUT2D eigenvalue weighted by atomic mass is 10.1. The van der Waals surface area contributed by atoms with Gasteiger partial charge < -0.3 is 11.1 Å². The van der Waals surface area contributed by atoms with Gasteiger partial charge in [0.15, 0.2) is 0 Å². The SMILES string of the molecule is CCc1nnc(C)cc1C(=O)NCC(N)CC. The largest absolute Gasteiger partial charge is 0.350 e. The van der Waals surface area contributed by atoms with Crippen molar-refractivity contribution in [3.05, 3.63) is 23.0 Å². The quantitative estimate of drug-likeness (QED) is 0.793. The summed E-state index contributed by atoms with van der Waals surface area (Å²) in [6, 6.07) is 1.76. The van der Waals surface area contributed by atoms with Crippen LogP contribution in [-0.2, 0) is 6.42 Å². The molecule has 1 atom stereocenters. The summed E-state index contributed by atoms with van der Waals surface area (Å²) in [7, 11) is 0. The van der Waals surface area contributed by atoms with Gasteiger partial charge in [-0.1, -0.05) is 13.8 Å². The Balaban J connectivity index is 2.77. The van der Waals surface area contributed by atoms with E-state index >= 15 is 0 Å². The highest BCUT2D eigenvalue weighted by atomic mass is 16.1. The van der Waals surface area contributed by atoms with Crippen molar-refractivity contribution in [1.82, 2.24) is 15.5 Å². The number of carbonyl (C=O) groups is 1. The van der Waals surface area contributed by atoms with Crippen molar-refractivity contribution < 1.29 is 4.79 Å². The van der Waals surface area contributed by atoms with Crippen LogP contribution in [0.3, 0.4) is 0 Å². The van der Waals surface area contributed by atoms with Gasteiger partial charge in [0.1, 0.15) is 0 Å². The molecular weight excluding hydrogens is 216 g/mol. The predicted octanol–water partition coefficient (Wildman–Crippen LogP) is 0.815. The molecular formula is C12H20N4O. The van der Waals surface area contributed by atoms with E-state index in [1.54, 1.807) is 6.07 Å². The number of hydrogen-bond donors (Lipinski definition) is 2. The molecule has 1 amide bonds. The summed E-state index contributed by atoms with van der Waals surface area (Å²) in [6.45, 7) is 6.25. The molecule has 1 rings (SSSR count). The van der Waals surface area contributed by atoms with Crippen LogP contribution in [0.25, 0.3) is 0 Å². The van der Waals surface area contributed by atoms with Gasteiger partial charge >= 0.3 is 0 Å². The number of amides is 1. The molecule has 0 bridgehead atoms. The van der Waals surface area contributed by atoms with Crippen molar-refractivity contribution in [2.45, 2.75) is 39.7 Å². The second-order valence-corrected chi connectivity index (χ2v) is 4.08. The lowest BCUT2D eigenvalue weighted by Crippen LogP contribution is -2.37. The summed E-state index contributed by atoms with van der Waals surface area (Å²) in [5, 5.41) is 10.8.